The summed E-state index contributed by atoms with van der Waals surface area (Å²) in [5.74, 6) is 0. The minimum atomic E-state index is 0.987. The first-order valence-corrected chi connectivity index (χ1v) is 3.79. The molecule has 10 heavy (non-hydrogen) atoms. The number of nitrogens with one attached hydrogen (secondary N) is 1. The zero-order valence-corrected chi connectivity index (χ0v) is 5.93. The molecule has 2 nitrogen and oxygen atoms in total. The first-order chi connectivity index (χ1) is 4.97. The smallest absolute Gasteiger partial charge is 0.220 e. The van der Waals surface area contributed by atoms with Crippen molar-refractivity contribution in [2.45, 2.75) is 19.3 Å². The Kier molecular flexibility index (Phi) is 1.38. The van der Waals surface area contributed by atoms with Crippen molar-refractivity contribution in [3.63, 3.8) is 0 Å². The van der Waals surface area contributed by atoms with Crippen LogP contribution >= 0.6 is 0 Å². The molecule has 1 N–H and O–H groups in total. The number of dihydropyridines is 1. The highest BCUT2D eigenvalue weighted by atomic mass is 14.8. The van der Waals surface area contributed by atoms with E-state index in [1.54, 1.807) is 0 Å². The molecule has 2 heterocycles. The number of nitrogens with zero attached hydrogens (tertiary/aromatic N) is 1. The third-order valence-corrected chi connectivity index (χ3v) is 1.87. The quantitative estimate of drug-likeness (QED) is 0.470. The van der Waals surface area contributed by atoms with E-state index in [9.17, 15) is 0 Å². The van der Waals surface area contributed by atoms with E-state index in [-0.39, 0.29) is 0 Å². The van der Waals surface area contributed by atoms with Gasteiger partial charge in [0.25, 0.3) is 0 Å². The first kappa shape index (κ1) is 5.83. The van der Waals surface area contributed by atoms with Gasteiger partial charge >= 0.3 is 0 Å². The lowest BCUT2D eigenvalue weighted by atomic mass is 10.1. The number of hydrogen-bond donors (Lipinski definition) is 1. The van der Waals surface area contributed by atoms with Crippen molar-refractivity contribution in [1.82, 2.24) is 0 Å². The molecule has 2 heteroatoms. The van der Waals surface area contributed by atoms with Crippen LogP contribution in [0.5, 0.6) is 0 Å². The lowest BCUT2D eigenvalue weighted by Gasteiger charge is -2.08. The molecule has 0 aromatic rings. The fourth-order valence-corrected chi connectivity index (χ4v) is 1.36. The van der Waals surface area contributed by atoms with Crippen LogP contribution in [0.2, 0.25) is 0 Å². The van der Waals surface area contributed by atoms with Crippen LogP contribution < -0.4 is 4.99 Å². The molecule has 0 aromatic heterocycles. The molecule has 0 aliphatic carbocycles. The van der Waals surface area contributed by atoms with Crippen LogP contribution in [-0.2, 0) is 0 Å². The largest absolute Gasteiger partial charge is 0.283 e. The van der Waals surface area contributed by atoms with E-state index in [4.69, 9.17) is 0 Å². The fraction of sp³-hybridized carbons (Fsp3) is 0.500. The standard InChI is InChI=1S/C8H10N2/c1-3-7-8(9-5-1)4-2-6-10-7/h3,6H,1-2,4-5H2/p+1. The molecule has 0 fully saturated rings. The highest BCUT2D eigenvalue weighted by molar-refractivity contribution is 6.00. The Bertz CT molecular complexity index is 223. The summed E-state index contributed by atoms with van der Waals surface area (Å²) in [6.07, 6.45) is 7.68. The normalized spacial score (nSPS) is 23.2. The Morgan fingerprint density at radius 1 is 1.40 bits per heavy atom. The molecule has 0 unspecified atom stereocenters. The topological polar surface area (TPSA) is 26.3 Å². The monoisotopic (exact) mass is 135 g/mol. The van der Waals surface area contributed by atoms with Crippen LogP contribution in [0.3, 0.4) is 0 Å². The Hall–Kier alpha value is -0.920. The molecule has 0 aromatic carbocycles. The zero-order chi connectivity index (χ0) is 6.81. The van der Waals surface area contributed by atoms with Gasteiger partial charge in [-0.25, -0.2) is 4.99 Å². The number of hydrogen-bond acceptors (Lipinski definition) is 1. The molecule has 2 aliphatic heterocycles. The van der Waals surface area contributed by atoms with E-state index in [0.29, 0.717) is 0 Å². The molecular formula is C8H11N2+. The van der Waals surface area contributed by atoms with E-state index >= 15 is 0 Å². The Balaban J connectivity index is 2.33. The summed E-state index contributed by atoms with van der Waals surface area (Å²) in [6, 6.07) is 0. The number of fused-ring (bicyclic) bond motifs is 1. The van der Waals surface area contributed by atoms with Gasteiger partial charge in [0.2, 0.25) is 5.70 Å². The van der Waals surface area contributed by atoms with Crippen LogP contribution in [0, 0.1) is 0 Å². The van der Waals surface area contributed by atoms with Gasteiger partial charge in [-0.1, -0.05) is 0 Å². The number of allylic oxidation sites excluding steroid dienone is 1. The van der Waals surface area contributed by atoms with Crippen molar-refractivity contribution in [2.24, 2.45) is 4.99 Å². The molecule has 0 saturated heterocycles. The molecule has 0 saturated carbocycles. The molecule has 0 bridgehead atoms. The third kappa shape index (κ3) is 0.897. The zero-order valence-electron chi connectivity index (χ0n) is 5.93. The van der Waals surface area contributed by atoms with Crippen molar-refractivity contribution in [2.75, 3.05) is 6.54 Å². The molecule has 0 spiro atoms. The summed E-state index contributed by atoms with van der Waals surface area (Å²) in [4.78, 5) is 7.64. The van der Waals surface area contributed by atoms with E-state index in [1.807, 2.05) is 0 Å². The van der Waals surface area contributed by atoms with E-state index in [0.717, 1.165) is 25.8 Å². The summed E-state index contributed by atoms with van der Waals surface area (Å²) < 4.78 is 0. The molecule has 0 amide bonds. The fourth-order valence-electron chi connectivity index (χ4n) is 1.36. The summed E-state index contributed by atoms with van der Waals surface area (Å²) in [5, 5.41) is 0. The molecule has 52 valence electrons. The van der Waals surface area contributed by atoms with E-state index in [1.165, 1.54) is 11.4 Å². The number of rotatable bonds is 0. The minimum absolute atomic E-state index is 0.987. The van der Waals surface area contributed by atoms with Gasteiger partial charge in [-0.05, 0) is 12.5 Å². The van der Waals surface area contributed by atoms with Gasteiger partial charge < -0.3 is 0 Å². The summed E-state index contributed by atoms with van der Waals surface area (Å²) in [6.45, 7) is 0.987. The first-order valence-electron chi connectivity index (χ1n) is 3.79. The summed E-state index contributed by atoms with van der Waals surface area (Å²) >= 11 is 0. The van der Waals surface area contributed by atoms with E-state index in [2.05, 4.69) is 22.3 Å². The summed E-state index contributed by atoms with van der Waals surface area (Å²) in [7, 11) is 0. The molecule has 0 radical (unpaired) electrons. The van der Waals surface area contributed by atoms with Gasteiger partial charge in [0.15, 0.2) is 0 Å². The molecule has 2 rings (SSSR count). The predicted octanol–water partition coefficient (Wildman–Crippen LogP) is -0.340. The van der Waals surface area contributed by atoms with Crippen molar-refractivity contribution < 1.29 is 4.99 Å². The second kappa shape index (κ2) is 2.37. The van der Waals surface area contributed by atoms with Gasteiger partial charge in [0.05, 0.1) is 0 Å². The average molecular weight is 135 g/mol. The van der Waals surface area contributed by atoms with Crippen LogP contribution in [-0.4, -0.2) is 18.5 Å². The SMILES string of the molecule is C1=[NH+]C2=CCCN=C2CC1. The molecule has 2 aliphatic rings. The third-order valence-electron chi connectivity index (χ3n) is 1.87. The van der Waals surface area contributed by atoms with E-state index < -0.39 is 0 Å². The second-order valence-electron chi connectivity index (χ2n) is 2.62. The van der Waals surface area contributed by atoms with Crippen LogP contribution in [0.15, 0.2) is 16.8 Å². The van der Waals surface area contributed by atoms with Gasteiger partial charge in [-0.15, -0.1) is 0 Å². The van der Waals surface area contributed by atoms with Crippen molar-refractivity contribution in [3.8, 4) is 0 Å². The predicted molar refractivity (Wildman–Crippen MR) is 41.3 cm³/mol. The maximum Gasteiger partial charge on any atom is 0.220 e. The molecular weight excluding hydrogens is 124 g/mol. The maximum atomic E-state index is 4.42. The minimum Gasteiger partial charge on any atom is -0.283 e. The second-order valence-corrected chi connectivity index (χ2v) is 2.62. The lowest BCUT2D eigenvalue weighted by Crippen LogP contribution is -2.70. The van der Waals surface area contributed by atoms with Gasteiger partial charge in [-0.2, -0.15) is 0 Å². The Morgan fingerprint density at radius 3 is 3.30 bits per heavy atom. The van der Waals surface area contributed by atoms with Gasteiger partial charge in [0, 0.05) is 19.4 Å². The van der Waals surface area contributed by atoms with Crippen LogP contribution in [0.1, 0.15) is 19.3 Å². The van der Waals surface area contributed by atoms with Crippen molar-refractivity contribution in [3.05, 3.63) is 11.8 Å². The highest BCUT2D eigenvalue weighted by Crippen LogP contribution is 2.06. The maximum absolute atomic E-state index is 4.42. The van der Waals surface area contributed by atoms with Gasteiger partial charge in [0.1, 0.15) is 11.9 Å². The molecule has 0 atom stereocenters. The van der Waals surface area contributed by atoms with Gasteiger partial charge in [-0.3, -0.25) is 4.99 Å². The average Bonchev–Trinajstić information content (AvgIpc) is 2.05. The van der Waals surface area contributed by atoms with Crippen LogP contribution in [0.25, 0.3) is 0 Å². The van der Waals surface area contributed by atoms with Crippen molar-refractivity contribution >= 4 is 11.9 Å². The Labute approximate surface area is 60.4 Å². The Morgan fingerprint density at radius 2 is 2.40 bits per heavy atom. The van der Waals surface area contributed by atoms with Crippen molar-refractivity contribution in [1.29, 1.82) is 0 Å². The lowest BCUT2D eigenvalue weighted by molar-refractivity contribution is -0.384. The number of aliphatic imine (C=N–C) groups is 1. The summed E-state index contributed by atoms with van der Waals surface area (Å²) in [5.41, 5.74) is 2.52. The van der Waals surface area contributed by atoms with Crippen LogP contribution in [0.4, 0.5) is 0 Å². The highest BCUT2D eigenvalue weighted by Gasteiger charge is 2.17.